The predicted octanol–water partition coefficient (Wildman–Crippen LogP) is 2.76. The lowest BCUT2D eigenvalue weighted by molar-refractivity contribution is -0.187. The molecule has 1 N–H and O–H groups in total. The molecule has 15 heteroatoms. The Morgan fingerprint density at radius 3 is 2.58 bits per heavy atom. The summed E-state index contributed by atoms with van der Waals surface area (Å²) in [5.74, 6) is -8.98. The second kappa shape index (κ2) is 7.91. The molecular formula is C18H15F4IO9S. The Balaban J connectivity index is 1.37. The number of esters is 2. The van der Waals surface area contributed by atoms with E-state index in [1.165, 1.54) is 0 Å². The van der Waals surface area contributed by atoms with Crippen molar-refractivity contribution in [1.29, 1.82) is 0 Å². The van der Waals surface area contributed by atoms with Gasteiger partial charge in [-0.2, -0.15) is 26.0 Å². The van der Waals surface area contributed by atoms with Crippen LogP contribution in [0.3, 0.4) is 0 Å². The summed E-state index contributed by atoms with van der Waals surface area (Å²) in [6.07, 6.45) is -3.65. The number of fused-ring (bicyclic) bond motifs is 4. The third kappa shape index (κ3) is 3.95. The van der Waals surface area contributed by atoms with Crippen molar-refractivity contribution in [1.82, 2.24) is 0 Å². The van der Waals surface area contributed by atoms with Crippen LogP contribution in [0.5, 0.6) is 5.75 Å². The fourth-order valence-electron chi connectivity index (χ4n) is 4.02. The van der Waals surface area contributed by atoms with Crippen LogP contribution in [-0.4, -0.2) is 60.7 Å². The number of carbonyl (C=O) groups is 2. The Hall–Kier alpha value is -1.72. The number of hydrogen-bond donors (Lipinski definition) is 1. The number of hydrogen-bond acceptors (Lipinski definition) is 8. The summed E-state index contributed by atoms with van der Waals surface area (Å²) in [5.41, 5.74) is 0.255. The first-order chi connectivity index (χ1) is 15.2. The van der Waals surface area contributed by atoms with Crippen molar-refractivity contribution in [3.8, 4) is 5.75 Å². The summed E-state index contributed by atoms with van der Waals surface area (Å²) in [4.78, 5) is 24.8. The second-order valence-corrected chi connectivity index (χ2v) is 10.4. The molecule has 4 unspecified atom stereocenters. The van der Waals surface area contributed by atoms with Crippen LogP contribution in [0.2, 0.25) is 0 Å². The van der Waals surface area contributed by atoms with Crippen molar-refractivity contribution < 1.29 is 59.1 Å². The molecule has 3 heterocycles. The molecule has 3 aliphatic heterocycles. The molecule has 0 aromatic heterocycles. The van der Waals surface area contributed by atoms with Gasteiger partial charge in [-0.05, 0) is 41.1 Å². The Labute approximate surface area is 197 Å². The first-order valence-electron chi connectivity index (χ1n) is 9.44. The van der Waals surface area contributed by atoms with E-state index in [-0.39, 0.29) is 24.2 Å². The van der Waals surface area contributed by atoms with Gasteiger partial charge in [0, 0.05) is 3.57 Å². The van der Waals surface area contributed by atoms with Crippen molar-refractivity contribution in [3.05, 3.63) is 27.3 Å². The van der Waals surface area contributed by atoms with Crippen LogP contribution in [0.4, 0.5) is 17.6 Å². The molecule has 1 aromatic carbocycles. The van der Waals surface area contributed by atoms with E-state index in [0.29, 0.717) is 3.57 Å². The van der Waals surface area contributed by atoms with Crippen LogP contribution in [0.25, 0.3) is 0 Å². The molecule has 0 saturated carbocycles. The highest BCUT2D eigenvalue weighted by Crippen LogP contribution is 2.51. The molecular weight excluding hydrogens is 595 g/mol. The van der Waals surface area contributed by atoms with Gasteiger partial charge in [-0.25, -0.2) is 4.79 Å². The highest BCUT2D eigenvalue weighted by atomic mass is 127. The van der Waals surface area contributed by atoms with Crippen molar-refractivity contribution >= 4 is 44.6 Å². The van der Waals surface area contributed by atoms with E-state index in [2.05, 4.69) is 4.74 Å². The molecule has 3 aliphatic rings. The fourth-order valence-corrected chi connectivity index (χ4v) is 5.19. The van der Waals surface area contributed by atoms with Crippen LogP contribution in [-0.2, 0) is 29.1 Å². The van der Waals surface area contributed by atoms with E-state index in [4.69, 9.17) is 18.8 Å². The van der Waals surface area contributed by atoms with E-state index < -0.39 is 70.2 Å². The Bertz CT molecular complexity index is 1110. The number of halogens is 5. The third-order valence-corrected chi connectivity index (χ3v) is 7.52. The lowest BCUT2D eigenvalue weighted by Crippen LogP contribution is -2.53. The molecule has 182 valence electrons. The average molecular weight is 610 g/mol. The molecule has 0 amide bonds. The smallest absolute Gasteiger partial charge is 0.431 e. The van der Waals surface area contributed by atoms with Gasteiger partial charge in [0.15, 0.2) is 0 Å². The van der Waals surface area contributed by atoms with Gasteiger partial charge in [0.2, 0.25) is 0 Å². The topological polar surface area (TPSA) is 125 Å². The van der Waals surface area contributed by atoms with E-state index in [9.17, 15) is 35.6 Å². The molecule has 0 radical (unpaired) electrons. The summed E-state index contributed by atoms with van der Waals surface area (Å²) < 4.78 is 105. The summed E-state index contributed by atoms with van der Waals surface area (Å²) in [5, 5.41) is -5.75. The lowest BCUT2D eigenvalue weighted by Gasteiger charge is -2.39. The van der Waals surface area contributed by atoms with Crippen LogP contribution in [0, 0.1) is 9.49 Å². The van der Waals surface area contributed by atoms with Crippen LogP contribution < -0.4 is 4.74 Å². The monoisotopic (exact) mass is 610 g/mol. The average Bonchev–Trinajstić information content (AvgIpc) is 3.24. The molecule has 33 heavy (non-hydrogen) atoms. The number of alkyl halides is 4. The van der Waals surface area contributed by atoms with E-state index in [1.807, 2.05) is 22.6 Å². The minimum Gasteiger partial charge on any atom is -0.465 e. The number of ether oxygens (including phenoxy) is 4. The molecule has 4 rings (SSSR count). The number of rotatable bonds is 6. The lowest BCUT2D eigenvalue weighted by atomic mass is 9.84. The van der Waals surface area contributed by atoms with Crippen LogP contribution >= 0.6 is 22.6 Å². The molecule has 2 saturated heterocycles. The minimum absolute atomic E-state index is 0.0480. The van der Waals surface area contributed by atoms with Gasteiger partial charge >= 0.3 is 33.2 Å². The molecule has 1 aromatic rings. The van der Waals surface area contributed by atoms with Gasteiger partial charge in [-0.15, -0.1) is 0 Å². The first-order valence-corrected chi connectivity index (χ1v) is 12.0. The highest BCUT2D eigenvalue weighted by Gasteiger charge is 2.66. The predicted molar refractivity (Wildman–Crippen MR) is 106 cm³/mol. The molecule has 4 atom stereocenters. The van der Waals surface area contributed by atoms with Gasteiger partial charge in [-0.3, -0.25) is 9.35 Å². The molecule has 2 fully saturated rings. The Morgan fingerprint density at radius 1 is 1.27 bits per heavy atom. The van der Waals surface area contributed by atoms with Gasteiger partial charge in [0.25, 0.3) is 5.79 Å². The molecule has 0 aliphatic carbocycles. The second-order valence-electron chi connectivity index (χ2n) is 7.74. The zero-order valence-electron chi connectivity index (χ0n) is 16.3. The zero-order chi connectivity index (χ0) is 24.4. The number of carbonyl (C=O) groups excluding carboxylic acids is 2. The van der Waals surface area contributed by atoms with Crippen molar-refractivity contribution in [2.24, 2.45) is 5.92 Å². The van der Waals surface area contributed by atoms with Gasteiger partial charge < -0.3 is 18.9 Å². The maximum atomic E-state index is 13.5. The maximum absolute atomic E-state index is 13.5. The Morgan fingerprint density at radius 2 is 1.97 bits per heavy atom. The Kier molecular flexibility index (Phi) is 5.85. The number of benzene rings is 1. The SMILES string of the molecule is O=C1OC2(CC3OC2CC3C(=O)OCCC(F)(F)C(F)(F)S(=O)(=O)O)Oc2cccc(I)c21. The van der Waals surface area contributed by atoms with Crippen LogP contribution in [0.15, 0.2) is 18.2 Å². The van der Waals surface area contributed by atoms with E-state index in [0.717, 1.165) is 0 Å². The van der Waals surface area contributed by atoms with Gasteiger partial charge in [0.1, 0.15) is 17.4 Å². The zero-order valence-corrected chi connectivity index (χ0v) is 19.3. The largest absolute Gasteiger partial charge is 0.465 e. The van der Waals surface area contributed by atoms with Crippen molar-refractivity contribution in [2.45, 2.75) is 48.4 Å². The maximum Gasteiger partial charge on any atom is 0.431 e. The fraction of sp³-hybridized carbons (Fsp3) is 0.556. The van der Waals surface area contributed by atoms with Crippen molar-refractivity contribution in [3.63, 3.8) is 0 Å². The minimum atomic E-state index is -6.38. The summed E-state index contributed by atoms with van der Waals surface area (Å²) in [6, 6.07) is 4.96. The molecule has 1 spiro atoms. The van der Waals surface area contributed by atoms with Gasteiger partial charge in [-0.1, -0.05) is 6.07 Å². The summed E-state index contributed by atoms with van der Waals surface area (Å²) in [7, 11) is -6.38. The van der Waals surface area contributed by atoms with Gasteiger partial charge in [0.05, 0.1) is 31.5 Å². The summed E-state index contributed by atoms with van der Waals surface area (Å²) >= 11 is 1.95. The normalized spacial score (nSPS) is 28.9. The standard InChI is InChI=1S/C18H15F4IO9S/c19-17(20,18(21,22)33(26,27)28)4-5-29-14(24)8-6-12-16(7-11(8)30-12)31-10-3-1-2-9(23)13(10)15(25)32-16/h1-3,8,11-12H,4-7H2,(H,26,27,28). The van der Waals surface area contributed by atoms with Crippen LogP contribution in [0.1, 0.15) is 29.6 Å². The van der Waals surface area contributed by atoms with E-state index in [1.54, 1.807) is 18.2 Å². The van der Waals surface area contributed by atoms with E-state index >= 15 is 0 Å². The third-order valence-electron chi connectivity index (χ3n) is 5.67. The quantitative estimate of drug-likeness (QED) is 0.224. The first kappa shape index (κ1) is 24.4. The summed E-state index contributed by atoms with van der Waals surface area (Å²) in [6.45, 7) is -1.23. The highest BCUT2D eigenvalue weighted by molar-refractivity contribution is 14.1. The van der Waals surface area contributed by atoms with Crippen molar-refractivity contribution in [2.75, 3.05) is 6.61 Å². The molecule has 9 nitrogen and oxygen atoms in total. The molecule has 2 bridgehead atoms.